The van der Waals surface area contributed by atoms with E-state index < -0.39 is 11.5 Å². The van der Waals surface area contributed by atoms with E-state index in [1.54, 1.807) is 0 Å². The van der Waals surface area contributed by atoms with Crippen LogP contribution in [0, 0.1) is 17.2 Å². The summed E-state index contributed by atoms with van der Waals surface area (Å²) in [6.45, 7) is 8.70. The van der Waals surface area contributed by atoms with Crippen molar-refractivity contribution in [2.24, 2.45) is 11.3 Å². The number of piperidine rings is 1. The molecule has 6 nitrogen and oxygen atoms in total. The molecule has 1 N–H and O–H groups in total. The van der Waals surface area contributed by atoms with Crippen LogP contribution in [-0.4, -0.2) is 66.5 Å². The summed E-state index contributed by atoms with van der Waals surface area (Å²) in [5, 5.41) is 3.26. The van der Waals surface area contributed by atoms with Crippen LogP contribution in [0.4, 0.5) is 4.39 Å². The average molecular weight is 502 g/mol. The zero-order chi connectivity index (χ0) is 25.5. The van der Waals surface area contributed by atoms with Crippen LogP contribution in [0.25, 0.3) is 0 Å². The van der Waals surface area contributed by atoms with Crippen LogP contribution >= 0.6 is 0 Å². The normalized spacial score (nSPS) is 26.6. The second kappa shape index (κ2) is 12.5. The van der Waals surface area contributed by atoms with Gasteiger partial charge in [-0.3, -0.25) is 14.5 Å². The third kappa shape index (κ3) is 6.86. The molecule has 4 rings (SSSR count). The molecule has 3 heterocycles. The van der Waals surface area contributed by atoms with Gasteiger partial charge in [-0.05, 0) is 81.6 Å². The van der Waals surface area contributed by atoms with Gasteiger partial charge < -0.3 is 15.0 Å². The van der Waals surface area contributed by atoms with E-state index in [-0.39, 0.29) is 23.7 Å². The SMILES string of the molecule is CC(C)C[C@@H]1NC(=O)C2(CCCCCOC[C@@H]3CCCN3C1=O)CCN(Cc1ccc(F)cc1)CC2. The minimum Gasteiger partial charge on any atom is -0.379 e. The lowest BCUT2D eigenvalue weighted by atomic mass is 9.73. The lowest BCUT2D eigenvalue weighted by Crippen LogP contribution is -2.56. The van der Waals surface area contributed by atoms with Crippen molar-refractivity contribution in [2.45, 2.75) is 90.3 Å². The topological polar surface area (TPSA) is 61.9 Å². The van der Waals surface area contributed by atoms with Crippen LogP contribution in [-0.2, 0) is 20.9 Å². The minimum absolute atomic E-state index is 0.0594. The maximum atomic E-state index is 13.9. The van der Waals surface area contributed by atoms with Crippen molar-refractivity contribution in [3.05, 3.63) is 35.6 Å². The monoisotopic (exact) mass is 501 g/mol. The Kier molecular flexibility index (Phi) is 9.40. The third-order valence-corrected chi connectivity index (χ3v) is 8.34. The lowest BCUT2D eigenvalue weighted by molar-refractivity contribution is -0.143. The number of halogens is 1. The van der Waals surface area contributed by atoms with Crippen molar-refractivity contribution in [3.8, 4) is 0 Å². The van der Waals surface area contributed by atoms with Gasteiger partial charge in [0, 0.05) is 19.7 Å². The number of rotatable bonds is 4. The molecule has 3 aliphatic heterocycles. The van der Waals surface area contributed by atoms with Gasteiger partial charge in [-0.1, -0.05) is 38.8 Å². The van der Waals surface area contributed by atoms with Crippen molar-refractivity contribution in [3.63, 3.8) is 0 Å². The number of carbonyl (C=O) groups excluding carboxylic acids is 2. The Labute approximate surface area is 215 Å². The fourth-order valence-corrected chi connectivity index (χ4v) is 6.14. The molecule has 1 spiro atoms. The Bertz CT molecular complexity index is 867. The second-order valence-corrected chi connectivity index (χ2v) is 11.6. The second-order valence-electron chi connectivity index (χ2n) is 11.6. The summed E-state index contributed by atoms with van der Waals surface area (Å²) < 4.78 is 19.3. The summed E-state index contributed by atoms with van der Waals surface area (Å²) in [5.41, 5.74) is 0.648. The molecule has 2 atom stereocenters. The highest BCUT2D eigenvalue weighted by atomic mass is 19.1. The highest BCUT2D eigenvalue weighted by molar-refractivity contribution is 5.90. The van der Waals surface area contributed by atoms with Gasteiger partial charge in [0.25, 0.3) is 0 Å². The van der Waals surface area contributed by atoms with Crippen molar-refractivity contribution >= 4 is 11.8 Å². The fraction of sp³-hybridized carbons (Fsp3) is 0.724. The molecule has 0 radical (unpaired) electrons. The molecule has 7 heteroatoms. The van der Waals surface area contributed by atoms with E-state index in [1.165, 1.54) is 12.1 Å². The summed E-state index contributed by atoms with van der Waals surface area (Å²) in [5.74, 6) is 0.212. The zero-order valence-electron chi connectivity index (χ0n) is 22.1. The predicted molar refractivity (Wildman–Crippen MR) is 139 cm³/mol. The molecule has 0 bridgehead atoms. The molecule has 3 saturated heterocycles. The van der Waals surface area contributed by atoms with Crippen LogP contribution in [0.15, 0.2) is 24.3 Å². The van der Waals surface area contributed by atoms with Crippen LogP contribution in [0.3, 0.4) is 0 Å². The Morgan fingerprint density at radius 2 is 1.78 bits per heavy atom. The molecule has 36 heavy (non-hydrogen) atoms. The van der Waals surface area contributed by atoms with Crippen molar-refractivity contribution in [1.29, 1.82) is 0 Å². The first kappa shape index (κ1) is 27.1. The highest BCUT2D eigenvalue weighted by Gasteiger charge is 2.43. The van der Waals surface area contributed by atoms with E-state index in [2.05, 4.69) is 24.1 Å². The Balaban J connectivity index is 1.48. The third-order valence-electron chi connectivity index (χ3n) is 8.34. The number of benzene rings is 1. The first-order chi connectivity index (χ1) is 17.4. The van der Waals surface area contributed by atoms with Gasteiger partial charge in [-0.15, -0.1) is 0 Å². The number of fused-ring (bicyclic) bond motifs is 1. The van der Waals surface area contributed by atoms with Gasteiger partial charge in [0.2, 0.25) is 11.8 Å². The number of likely N-dealkylation sites (tertiary alicyclic amines) is 1. The van der Waals surface area contributed by atoms with Gasteiger partial charge in [0.1, 0.15) is 11.9 Å². The maximum absolute atomic E-state index is 13.9. The molecule has 0 saturated carbocycles. The molecule has 0 aromatic heterocycles. The largest absolute Gasteiger partial charge is 0.379 e. The summed E-state index contributed by atoms with van der Waals surface area (Å²) in [6.07, 6.45) is 8.07. The number of nitrogens with zero attached hydrogens (tertiary/aromatic N) is 2. The number of hydrogen-bond donors (Lipinski definition) is 1. The van der Waals surface area contributed by atoms with Gasteiger partial charge in [-0.25, -0.2) is 4.39 Å². The minimum atomic E-state index is -0.477. The predicted octanol–water partition coefficient (Wildman–Crippen LogP) is 4.52. The Morgan fingerprint density at radius 3 is 2.50 bits per heavy atom. The standard InChI is InChI=1S/C29H44FN3O3/c1-22(2)19-26-27(34)33-15-6-7-25(33)21-36-18-5-3-4-12-29(28(35)31-26)13-16-32(17-14-29)20-23-8-10-24(30)11-9-23/h8-11,22,25-26H,3-7,12-21H2,1-2H3,(H,31,35)/t25-,26-/m0/s1. The van der Waals surface area contributed by atoms with Gasteiger partial charge in [-0.2, -0.15) is 0 Å². The number of nitrogens with one attached hydrogen (secondary N) is 1. The quantitative estimate of drug-likeness (QED) is 0.659. The maximum Gasteiger partial charge on any atom is 0.245 e. The smallest absolute Gasteiger partial charge is 0.245 e. The first-order valence-electron chi connectivity index (χ1n) is 14.0. The van der Waals surface area contributed by atoms with Crippen molar-refractivity contribution in [1.82, 2.24) is 15.1 Å². The molecular formula is C29H44FN3O3. The molecule has 3 fully saturated rings. The number of ether oxygens (including phenoxy) is 1. The summed E-state index contributed by atoms with van der Waals surface area (Å²) in [6, 6.07) is 6.33. The molecule has 1 aromatic rings. The van der Waals surface area contributed by atoms with E-state index in [0.717, 1.165) is 89.7 Å². The number of amides is 2. The van der Waals surface area contributed by atoms with Crippen LogP contribution in [0.5, 0.6) is 0 Å². The Hall–Kier alpha value is -1.99. The van der Waals surface area contributed by atoms with E-state index in [4.69, 9.17) is 4.74 Å². The summed E-state index contributed by atoms with van der Waals surface area (Å²) in [7, 11) is 0. The molecule has 0 aliphatic carbocycles. The van der Waals surface area contributed by atoms with E-state index in [1.807, 2.05) is 17.0 Å². The van der Waals surface area contributed by atoms with Crippen molar-refractivity contribution < 1.29 is 18.7 Å². The molecule has 0 unspecified atom stereocenters. The summed E-state index contributed by atoms with van der Waals surface area (Å²) in [4.78, 5) is 31.9. The van der Waals surface area contributed by atoms with Gasteiger partial charge in [0.15, 0.2) is 0 Å². The van der Waals surface area contributed by atoms with Gasteiger partial charge >= 0.3 is 0 Å². The molecule has 1 aromatic carbocycles. The van der Waals surface area contributed by atoms with E-state index in [9.17, 15) is 14.0 Å². The van der Waals surface area contributed by atoms with Crippen LogP contribution in [0.2, 0.25) is 0 Å². The molecule has 3 aliphatic rings. The summed E-state index contributed by atoms with van der Waals surface area (Å²) >= 11 is 0. The van der Waals surface area contributed by atoms with Crippen LogP contribution in [0.1, 0.15) is 77.2 Å². The van der Waals surface area contributed by atoms with Gasteiger partial charge in [0.05, 0.1) is 18.1 Å². The van der Waals surface area contributed by atoms with Crippen molar-refractivity contribution in [2.75, 3.05) is 32.8 Å². The van der Waals surface area contributed by atoms with E-state index in [0.29, 0.717) is 18.9 Å². The van der Waals surface area contributed by atoms with E-state index >= 15 is 0 Å². The number of carbonyl (C=O) groups is 2. The highest BCUT2D eigenvalue weighted by Crippen LogP contribution is 2.38. The lowest BCUT2D eigenvalue weighted by Gasteiger charge is -2.42. The number of hydrogen-bond acceptors (Lipinski definition) is 4. The average Bonchev–Trinajstić information content (AvgIpc) is 3.33. The molecule has 200 valence electrons. The first-order valence-corrected chi connectivity index (χ1v) is 14.0. The fourth-order valence-electron chi connectivity index (χ4n) is 6.14. The Morgan fingerprint density at radius 1 is 1.03 bits per heavy atom. The molecular weight excluding hydrogens is 457 g/mol. The molecule has 2 amide bonds. The van der Waals surface area contributed by atoms with Crippen LogP contribution < -0.4 is 5.32 Å². The zero-order valence-corrected chi connectivity index (χ0v) is 22.1.